The Morgan fingerprint density at radius 1 is 1.03 bits per heavy atom. The van der Waals surface area contributed by atoms with Gasteiger partial charge >= 0.3 is 5.97 Å². The van der Waals surface area contributed by atoms with Gasteiger partial charge in [0.25, 0.3) is 5.91 Å². The number of rotatable bonds is 6. The Hall–Kier alpha value is -3.01. The number of esters is 1. The number of fused-ring (bicyclic) bond motifs is 1. The number of benzene rings is 3. The highest BCUT2D eigenvalue weighted by molar-refractivity contribution is 9.10. The molecule has 0 saturated carbocycles. The van der Waals surface area contributed by atoms with Crippen molar-refractivity contribution in [1.82, 2.24) is 4.31 Å². The monoisotopic (exact) mass is 542 g/mol. The van der Waals surface area contributed by atoms with Gasteiger partial charge in [-0.05, 0) is 66.4 Å². The van der Waals surface area contributed by atoms with Crippen LogP contribution in [0.2, 0.25) is 0 Å². The van der Waals surface area contributed by atoms with Crippen molar-refractivity contribution in [3.05, 3.63) is 93.5 Å². The van der Waals surface area contributed by atoms with Crippen molar-refractivity contribution < 1.29 is 22.7 Å². The van der Waals surface area contributed by atoms with E-state index < -0.39 is 28.5 Å². The van der Waals surface area contributed by atoms with Crippen LogP contribution in [0.5, 0.6) is 0 Å². The Morgan fingerprint density at radius 3 is 2.56 bits per heavy atom. The molecule has 9 heteroatoms. The van der Waals surface area contributed by atoms with Crippen LogP contribution >= 0.6 is 15.9 Å². The zero-order valence-electron chi connectivity index (χ0n) is 18.5. The number of halogens is 1. The molecule has 0 atom stereocenters. The summed E-state index contributed by atoms with van der Waals surface area (Å²) in [7, 11) is -3.80. The van der Waals surface area contributed by atoms with Crippen molar-refractivity contribution >= 4 is 43.5 Å². The van der Waals surface area contributed by atoms with E-state index in [2.05, 4.69) is 21.2 Å². The van der Waals surface area contributed by atoms with Gasteiger partial charge in [-0.2, -0.15) is 4.31 Å². The quantitative estimate of drug-likeness (QED) is 0.468. The fourth-order valence-electron chi connectivity index (χ4n) is 3.74. The molecular formula is C25H23BrN2O5S. The maximum Gasteiger partial charge on any atom is 0.338 e. The van der Waals surface area contributed by atoms with Gasteiger partial charge in [-0.1, -0.05) is 46.3 Å². The lowest BCUT2D eigenvalue weighted by atomic mass is 10.0. The standard InChI is InChI=1S/C25H23BrN2O5S/c1-17-13-21(9-10-23(17)26)27-24(29)16-33-25(30)19-7-4-8-22(14-19)34(31,32)28-12-11-18-5-2-3-6-20(18)15-28/h2-10,13-14H,11-12,15-16H2,1H3,(H,27,29). The number of anilines is 1. The number of sulfonamides is 1. The molecular weight excluding hydrogens is 520 g/mol. The summed E-state index contributed by atoms with van der Waals surface area (Å²) in [6.45, 7) is 2.05. The second-order valence-electron chi connectivity index (χ2n) is 7.97. The third-order valence-electron chi connectivity index (χ3n) is 5.58. The van der Waals surface area contributed by atoms with Crippen molar-refractivity contribution in [2.24, 2.45) is 0 Å². The molecule has 7 nitrogen and oxygen atoms in total. The van der Waals surface area contributed by atoms with Crippen LogP contribution in [0.1, 0.15) is 27.0 Å². The Kier molecular flexibility index (Phi) is 7.16. The molecule has 176 valence electrons. The molecule has 0 radical (unpaired) electrons. The van der Waals surface area contributed by atoms with E-state index >= 15 is 0 Å². The SMILES string of the molecule is Cc1cc(NC(=O)COC(=O)c2cccc(S(=O)(=O)N3CCc4ccccc4C3)c2)ccc1Br. The molecule has 0 aliphatic carbocycles. The van der Waals surface area contributed by atoms with Crippen molar-refractivity contribution in [2.45, 2.75) is 24.8 Å². The van der Waals surface area contributed by atoms with Crippen molar-refractivity contribution in [3.63, 3.8) is 0 Å². The number of nitrogens with one attached hydrogen (secondary N) is 1. The van der Waals surface area contributed by atoms with Crippen LogP contribution < -0.4 is 5.32 Å². The van der Waals surface area contributed by atoms with Gasteiger partial charge in [0.2, 0.25) is 10.0 Å². The van der Waals surface area contributed by atoms with Gasteiger partial charge < -0.3 is 10.1 Å². The van der Waals surface area contributed by atoms with E-state index in [-0.39, 0.29) is 17.0 Å². The summed E-state index contributed by atoms with van der Waals surface area (Å²) >= 11 is 3.40. The molecule has 0 unspecified atom stereocenters. The topological polar surface area (TPSA) is 92.8 Å². The second kappa shape index (κ2) is 10.1. The van der Waals surface area contributed by atoms with Gasteiger partial charge in [0.1, 0.15) is 0 Å². The number of hydrogen-bond acceptors (Lipinski definition) is 5. The smallest absolute Gasteiger partial charge is 0.338 e. The first-order valence-corrected chi connectivity index (χ1v) is 12.9. The number of carbonyl (C=O) groups excluding carboxylic acids is 2. The van der Waals surface area contributed by atoms with Gasteiger partial charge in [-0.15, -0.1) is 0 Å². The maximum absolute atomic E-state index is 13.2. The lowest BCUT2D eigenvalue weighted by Gasteiger charge is -2.28. The first kappa shape index (κ1) is 24.1. The van der Waals surface area contributed by atoms with E-state index in [0.29, 0.717) is 18.7 Å². The predicted octanol–water partition coefficient (Wildman–Crippen LogP) is 4.30. The molecule has 34 heavy (non-hydrogen) atoms. The van der Waals surface area contributed by atoms with E-state index in [1.165, 1.54) is 28.6 Å². The molecule has 1 N–H and O–H groups in total. The van der Waals surface area contributed by atoms with Crippen LogP contribution in [-0.2, 0) is 32.5 Å². The summed E-state index contributed by atoms with van der Waals surface area (Å²) in [4.78, 5) is 24.7. The molecule has 1 heterocycles. The number of hydrogen-bond donors (Lipinski definition) is 1. The average Bonchev–Trinajstić information content (AvgIpc) is 2.84. The van der Waals surface area contributed by atoms with E-state index in [4.69, 9.17) is 4.74 Å². The van der Waals surface area contributed by atoms with E-state index in [0.717, 1.165) is 21.2 Å². The number of aryl methyl sites for hydroxylation is 1. The molecule has 0 aromatic heterocycles. The zero-order chi connectivity index (χ0) is 24.3. The second-order valence-corrected chi connectivity index (χ2v) is 10.8. The molecule has 0 spiro atoms. The third-order valence-corrected chi connectivity index (χ3v) is 8.31. The van der Waals surface area contributed by atoms with E-state index in [1.807, 2.05) is 37.3 Å². The van der Waals surface area contributed by atoms with Crippen LogP contribution in [0.4, 0.5) is 5.69 Å². The predicted molar refractivity (Wildman–Crippen MR) is 132 cm³/mol. The fourth-order valence-corrected chi connectivity index (χ4v) is 5.45. The first-order chi connectivity index (χ1) is 16.2. The normalized spacial score (nSPS) is 13.7. The third kappa shape index (κ3) is 5.38. The first-order valence-electron chi connectivity index (χ1n) is 10.6. The van der Waals surface area contributed by atoms with Crippen LogP contribution in [0.15, 0.2) is 76.1 Å². The molecule has 0 fully saturated rings. The summed E-state index contributed by atoms with van der Waals surface area (Å²) in [5.74, 6) is -1.27. The minimum absolute atomic E-state index is 0.0103. The van der Waals surface area contributed by atoms with Crippen molar-refractivity contribution in [3.8, 4) is 0 Å². The van der Waals surface area contributed by atoms with Crippen molar-refractivity contribution in [2.75, 3.05) is 18.5 Å². The molecule has 1 aliphatic heterocycles. The van der Waals surface area contributed by atoms with Crippen LogP contribution in [0.3, 0.4) is 0 Å². The van der Waals surface area contributed by atoms with Gasteiger partial charge in [0.15, 0.2) is 6.61 Å². The summed E-state index contributed by atoms with van der Waals surface area (Å²) in [5.41, 5.74) is 3.71. The van der Waals surface area contributed by atoms with Gasteiger partial charge in [0, 0.05) is 23.2 Å². The van der Waals surface area contributed by atoms with Crippen molar-refractivity contribution in [1.29, 1.82) is 0 Å². The largest absolute Gasteiger partial charge is 0.452 e. The number of nitrogens with zero attached hydrogens (tertiary/aromatic N) is 1. The van der Waals surface area contributed by atoms with Crippen LogP contribution in [0.25, 0.3) is 0 Å². The molecule has 1 aliphatic rings. The summed E-state index contributed by atoms with van der Waals surface area (Å²) in [6, 6.07) is 18.8. The fraction of sp³-hybridized carbons (Fsp3) is 0.200. The van der Waals surface area contributed by atoms with Gasteiger partial charge in [0.05, 0.1) is 10.5 Å². The molecule has 1 amide bonds. The van der Waals surface area contributed by atoms with Gasteiger partial charge in [-0.3, -0.25) is 4.79 Å². The van der Waals surface area contributed by atoms with Gasteiger partial charge in [-0.25, -0.2) is 13.2 Å². The Labute approximate surface area is 206 Å². The minimum Gasteiger partial charge on any atom is -0.452 e. The molecule has 0 saturated heterocycles. The summed E-state index contributed by atoms with van der Waals surface area (Å²) < 4.78 is 33.8. The highest BCUT2D eigenvalue weighted by Crippen LogP contribution is 2.25. The molecule has 4 rings (SSSR count). The Bertz CT molecular complexity index is 1360. The number of amides is 1. The summed E-state index contributed by atoms with van der Waals surface area (Å²) in [5, 5.41) is 2.66. The summed E-state index contributed by atoms with van der Waals surface area (Å²) in [6.07, 6.45) is 0.629. The van der Waals surface area contributed by atoms with E-state index in [9.17, 15) is 18.0 Å². The van der Waals surface area contributed by atoms with Crippen LogP contribution in [-0.4, -0.2) is 37.8 Å². The molecule has 3 aromatic rings. The van der Waals surface area contributed by atoms with Crippen LogP contribution in [0, 0.1) is 6.92 Å². The lowest BCUT2D eigenvalue weighted by Crippen LogP contribution is -2.36. The highest BCUT2D eigenvalue weighted by Gasteiger charge is 2.28. The number of carbonyl (C=O) groups is 2. The Morgan fingerprint density at radius 2 is 1.79 bits per heavy atom. The molecule has 0 bridgehead atoms. The average molecular weight is 543 g/mol. The zero-order valence-corrected chi connectivity index (χ0v) is 20.9. The minimum atomic E-state index is -3.80. The maximum atomic E-state index is 13.2. The number of ether oxygens (including phenoxy) is 1. The Balaban J connectivity index is 1.41. The molecule has 3 aromatic carbocycles. The van der Waals surface area contributed by atoms with E-state index in [1.54, 1.807) is 12.1 Å². The lowest BCUT2D eigenvalue weighted by molar-refractivity contribution is -0.119. The highest BCUT2D eigenvalue weighted by atomic mass is 79.9.